The maximum atomic E-state index is 11.9. The Morgan fingerprint density at radius 3 is 2.71 bits per heavy atom. The van der Waals surface area contributed by atoms with E-state index in [0.29, 0.717) is 10.9 Å². The number of rotatable bonds is 4. The van der Waals surface area contributed by atoms with Gasteiger partial charge in [-0.15, -0.1) is 0 Å². The summed E-state index contributed by atoms with van der Waals surface area (Å²) < 4.78 is 0.711. The van der Waals surface area contributed by atoms with Gasteiger partial charge < -0.3 is 15.5 Å². The van der Waals surface area contributed by atoms with Gasteiger partial charge in [0.2, 0.25) is 0 Å². The second-order valence-corrected chi connectivity index (χ2v) is 5.10. The van der Waals surface area contributed by atoms with Gasteiger partial charge in [-0.1, -0.05) is 22.9 Å². The largest absolute Gasteiger partial charge is 0.507 e. The van der Waals surface area contributed by atoms with Gasteiger partial charge in [0, 0.05) is 4.47 Å². The zero-order chi connectivity index (χ0) is 13.1. The number of benzene rings is 1. The minimum atomic E-state index is -0.675. The van der Waals surface area contributed by atoms with Crippen LogP contribution in [0, 0.1) is 0 Å². The summed E-state index contributed by atoms with van der Waals surface area (Å²) in [5, 5.41) is 21.5. The summed E-state index contributed by atoms with van der Waals surface area (Å²) in [6.45, 7) is 3.47. The third-order valence-electron chi connectivity index (χ3n) is 2.75. The average molecular weight is 302 g/mol. The fraction of sp³-hybridized carbons (Fsp3) is 0.417. The van der Waals surface area contributed by atoms with Crippen LogP contribution in [0.3, 0.4) is 0 Å². The van der Waals surface area contributed by atoms with Crippen LogP contribution in [0.5, 0.6) is 5.75 Å². The van der Waals surface area contributed by atoms with Gasteiger partial charge in [0.1, 0.15) is 5.75 Å². The first-order valence-electron chi connectivity index (χ1n) is 5.34. The molecule has 0 fully saturated rings. The van der Waals surface area contributed by atoms with Crippen LogP contribution in [0.4, 0.5) is 0 Å². The first kappa shape index (κ1) is 14.0. The molecule has 0 aliphatic heterocycles. The van der Waals surface area contributed by atoms with E-state index < -0.39 is 11.4 Å². The number of aromatic hydroxyl groups is 1. The fourth-order valence-corrected chi connectivity index (χ4v) is 1.63. The molecule has 4 nitrogen and oxygen atoms in total. The highest BCUT2D eigenvalue weighted by Gasteiger charge is 2.25. The molecule has 0 spiro atoms. The van der Waals surface area contributed by atoms with Crippen LogP contribution in [0.1, 0.15) is 30.6 Å². The number of carbonyl (C=O) groups is 1. The third kappa shape index (κ3) is 3.44. The molecule has 0 bridgehead atoms. The molecular formula is C12H16BrNO3. The van der Waals surface area contributed by atoms with Crippen molar-refractivity contribution in [2.45, 2.75) is 25.8 Å². The molecule has 0 aliphatic carbocycles. The Labute approximate surface area is 109 Å². The zero-order valence-corrected chi connectivity index (χ0v) is 11.4. The lowest BCUT2D eigenvalue weighted by molar-refractivity contribution is 0.0844. The minimum absolute atomic E-state index is 0.0814. The van der Waals surface area contributed by atoms with Crippen LogP contribution >= 0.6 is 15.9 Å². The number of aliphatic hydroxyl groups is 1. The number of carbonyl (C=O) groups excluding carboxylic acids is 1. The third-order valence-corrected chi connectivity index (χ3v) is 3.24. The SMILES string of the molecule is CCC(C)(CO)NC(=O)c1cc(Br)ccc1O. The maximum Gasteiger partial charge on any atom is 0.255 e. The summed E-state index contributed by atoms with van der Waals surface area (Å²) in [6, 6.07) is 4.64. The standard InChI is InChI=1S/C12H16BrNO3/c1-3-12(2,7-15)14-11(17)9-6-8(13)4-5-10(9)16/h4-6,15-16H,3,7H2,1-2H3,(H,14,17). The van der Waals surface area contributed by atoms with Crippen molar-refractivity contribution in [2.75, 3.05) is 6.61 Å². The molecule has 5 heteroatoms. The molecule has 1 aromatic rings. The van der Waals surface area contributed by atoms with Gasteiger partial charge in [-0.2, -0.15) is 0 Å². The number of halogens is 1. The number of nitrogens with one attached hydrogen (secondary N) is 1. The van der Waals surface area contributed by atoms with Crippen molar-refractivity contribution in [2.24, 2.45) is 0 Å². The highest BCUT2D eigenvalue weighted by molar-refractivity contribution is 9.10. The smallest absolute Gasteiger partial charge is 0.255 e. The second-order valence-electron chi connectivity index (χ2n) is 4.19. The zero-order valence-electron chi connectivity index (χ0n) is 9.83. The maximum absolute atomic E-state index is 11.9. The Balaban J connectivity index is 2.94. The van der Waals surface area contributed by atoms with E-state index in [2.05, 4.69) is 21.2 Å². The van der Waals surface area contributed by atoms with E-state index in [1.807, 2.05) is 6.92 Å². The van der Waals surface area contributed by atoms with E-state index in [1.54, 1.807) is 13.0 Å². The van der Waals surface area contributed by atoms with Crippen molar-refractivity contribution in [3.63, 3.8) is 0 Å². The summed E-state index contributed by atoms with van der Waals surface area (Å²) in [5.74, 6) is -0.482. The van der Waals surface area contributed by atoms with E-state index in [-0.39, 0.29) is 17.9 Å². The predicted octanol–water partition coefficient (Wildman–Crippen LogP) is 2.05. The lowest BCUT2D eigenvalue weighted by Crippen LogP contribution is -2.48. The molecule has 1 aromatic carbocycles. The molecule has 0 saturated carbocycles. The number of amides is 1. The van der Waals surface area contributed by atoms with Crippen molar-refractivity contribution in [1.82, 2.24) is 5.32 Å². The first-order valence-corrected chi connectivity index (χ1v) is 6.13. The van der Waals surface area contributed by atoms with E-state index in [0.717, 1.165) is 0 Å². The molecule has 1 unspecified atom stereocenters. The molecule has 0 aliphatic rings. The summed E-state index contributed by atoms with van der Waals surface area (Å²) in [6.07, 6.45) is 0.601. The van der Waals surface area contributed by atoms with Crippen LogP contribution in [0.15, 0.2) is 22.7 Å². The summed E-state index contributed by atoms with van der Waals surface area (Å²) in [5.41, 5.74) is -0.487. The monoisotopic (exact) mass is 301 g/mol. The summed E-state index contributed by atoms with van der Waals surface area (Å²) in [7, 11) is 0. The van der Waals surface area contributed by atoms with Gasteiger partial charge in [0.05, 0.1) is 17.7 Å². The van der Waals surface area contributed by atoms with Gasteiger partial charge in [0.15, 0.2) is 0 Å². The highest BCUT2D eigenvalue weighted by Crippen LogP contribution is 2.22. The Morgan fingerprint density at radius 2 is 2.18 bits per heavy atom. The van der Waals surface area contributed by atoms with E-state index in [4.69, 9.17) is 0 Å². The quantitative estimate of drug-likeness (QED) is 0.797. The van der Waals surface area contributed by atoms with Crippen molar-refractivity contribution < 1.29 is 15.0 Å². The average Bonchev–Trinajstić information content (AvgIpc) is 2.32. The molecule has 0 radical (unpaired) electrons. The summed E-state index contributed by atoms with van der Waals surface area (Å²) >= 11 is 3.24. The Kier molecular flexibility index (Phi) is 4.54. The van der Waals surface area contributed by atoms with Gasteiger partial charge in [-0.25, -0.2) is 0 Å². The summed E-state index contributed by atoms with van der Waals surface area (Å²) in [4.78, 5) is 11.9. The number of hydrogen-bond donors (Lipinski definition) is 3. The van der Waals surface area contributed by atoms with Crippen LogP contribution in [0.25, 0.3) is 0 Å². The van der Waals surface area contributed by atoms with Gasteiger partial charge in [-0.3, -0.25) is 4.79 Å². The first-order chi connectivity index (χ1) is 7.91. The number of hydrogen-bond acceptors (Lipinski definition) is 3. The number of phenols is 1. The van der Waals surface area contributed by atoms with Crippen molar-refractivity contribution >= 4 is 21.8 Å². The topological polar surface area (TPSA) is 69.6 Å². The van der Waals surface area contributed by atoms with Gasteiger partial charge in [0.25, 0.3) is 5.91 Å². The van der Waals surface area contributed by atoms with E-state index in [9.17, 15) is 15.0 Å². The fourth-order valence-electron chi connectivity index (χ4n) is 1.27. The number of phenolic OH excluding ortho intramolecular Hbond substituents is 1. The Hall–Kier alpha value is -1.07. The second kappa shape index (κ2) is 5.51. The van der Waals surface area contributed by atoms with Gasteiger partial charge >= 0.3 is 0 Å². The molecule has 1 amide bonds. The molecule has 0 saturated heterocycles. The van der Waals surface area contributed by atoms with Crippen LogP contribution < -0.4 is 5.32 Å². The van der Waals surface area contributed by atoms with Gasteiger partial charge in [-0.05, 0) is 31.5 Å². The number of aliphatic hydroxyl groups excluding tert-OH is 1. The lowest BCUT2D eigenvalue weighted by atomic mass is 9.99. The van der Waals surface area contributed by atoms with Crippen molar-refractivity contribution in [1.29, 1.82) is 0 Å². The van der Waals surface area contributed by atoms with Crippen LogP contribution in [0.2, 0.25) is 0 Å². The molecule has 3 N–H and O–H groups in total. The van der Waals surface area contributed by atoms with Crippen LogP contribution in [-0.2, 0) is 0 Å². The Bertz CT molecular complexity index is 416. The Morgan fingerprint density at radius 1 is 1.53 bits per heavy atom. The molecular weight excluding hydrogens is 286 g/mol. The molecule has 94 valence electrons. The molecule has 0 heterocycles. The van der Waals surface area contributed by atoms with E-state index in [1.165, 1.54) is 12.1 Å². The minimum Gasteiger partial charge on any atom is -0.507 e. The predicted molar refractivity (Wildman–Crippen MR) is 69.1 cm³/mol. The van der Waals surface area contributed by atoms with Crippen molar-refractivity contribution in [3.05, 3.63) is 28.2 Å². The van der Waals surface area contributed by atoms with Crippen molar-refractivity contribution in [3.8, 4) is 5.75 Å². The lowest BCUT2D eigenvalue weighted by Gasteiger charge is -2.27. The molecule has 1 atom stereocenters. The molecule has 1 rings (SSSR count). The molecule has 0 aromatic heterocycles. The van der Waals surface area contributed by atoms with Crippen LogP contribution in [-0.4, -0.2) is 28.3 Å². The normalized spacial score (nSPS) is 14.1. The van der Waals surface area contributed by atoms with E-state index >= 15 is 0 Å². The highest BCUT2D eigenvalue weighted by atomic mass is 79.9. The molecule has 17 heavy (non-hydrogen) atoms.